The summed E-state index contributed by atoms with van der Waals surface area (Å²) in [6.07, 6.45) is 0. The molecule has 1 heterocycles. The lowest BCUT2D eigenvalue weighted by Gasteiger charge is -2.24. The fraction of sp³-hybridized carbons (Fsp3) is 0.900. The van der Waals surface area contributed by atoms with Gasteiger partial charge in [0.15, 0.2) is 0 Å². The van der Waals surface area contributed by atoms with Gasteiger partial charge in [0.2, 0.25) is 0 Å². The third-order valence-corrected chi connectivity index (χ3v) is 2.83. The Morgan fingerprint density at radius 1 is 1.46 bits per heavy atom. The van der Waals surface area contributed by atoms with E-state index in [0.717, 1.165) is 6.54 Å². The van der Waals surface area contributed by atoms with Crippen molar-refractivity contribution in [1.29, 1.82) is 0 Å². The quantitative estimate of drug-likeness (QED) is 0.661. The van der Waals surface area contributed by atoms with Gasteiger partial charge in [-0.05, 0) is 6.92 Å². The average Bonchev–Trinajstić information content (AvgIpc) is 2.30. The lowest BCUT2D eigenvalue weighted by molar-refractivity contribution is -0.130. The molecule has 1 rings (SSSR count). The van der Waals surface area contributed by atoms with Crippen LogP contribution in [0.1, 0.15) is 27.7 Å². The standard InChI is InChI=1S/C10H20N2O/c1-7-8(6-11-12(7)5)9(13)10(2,3)4/h7-8,11H,6H2,1-5H3. The fourth-order valence-electron chi connectivity index (χ4n) is 1.69. The zero-order valence-electron chi connectivity index (χ0n) is 9.22. The van der Waals surface area contributed by atoms with Crippen molar-refractivity contribution in [3.05, 3.63) is 0 Å². The van der Waals surface area contributed by atoms with Crippen LogP contribution in [0.15, 0.2) is 0 Å². The normalized spacial score (nSPS) is 30.8. The van der Waals surface area contributed by atoms with Crippen LogP contribution in [0.2, 0.25) is 0 Å². The van der Waals surface area contributed by atoms with E-state index in [1.54, 1.807) is 0 Å². The van der Waals surface area contributed by atoms with Crippen molar-refractivity contribution in [3.8, 4) is 0 Å². The highest BCUT2D eigenvalue weighted by atomic mass is 16.1. The first-order valence-electron chi connectivity index (χ1n) is 4.84. The van der Waals surface area contributed by atoms with Gasteiger partial charge in [0.1, 0.15) is 5.78 Å². The molecule has 3 heteroatoms. The maximum absolute atomic E-state index is 12.0. The van der Waals surface area contributed by atoms with E-state index < -0.39 is 0 Å². The molecule has 1 aliphatic rings. The average molecular weight is 184 g/mol. The molecule has 1 N–H and O–H groups in total. The predicted molar refractivity (Wildman–Crippen MR) is 53.2 cm³/mol. The molecule has 1 aliphatic heterocycles. The molecule has 1 fully saturated rings. The van der Waals surface area contributed by atoms with Crippen LogP contribution in [-0.4, -0.2) is 30.4 Å². The van der Waals surface area contributed by atoms with Gasteiger partial charge >= 0.3 is 0 Å². The summed E-state index contributed by atoms with van der Waals surface area (Å²) >= 11 is 0. The number of Topliss-reactive ketones (excluding diaryl/α,β-unsaturated/α-hetero) is 1. The number of nitrogens with one attached hydrogen (secondary N) is 1. The molecule has 0 saturated carbocycles. The summed E-state index contributed by atoms with van der Waals surface area (Å²) in [5.41, 5.74) is 2.97. The molecule has 0 radical (unpaired) electrons. The molecule has 0 aromatic heterocycles. The number of carbonyl (C=O) groups excluding carboxylic acids is 1. The number of hydrogen-bond donors (Lipinski definition) is 1. The second-order valence-corrected chi connectivity index (χ2v) is 4.93. The van der Waals surface area contributed by atoms with E-state index in [1.807, 2.05) is 32.8 Å². The molecule has 3 nitrogen and oxygen atoms in total. The molecular weight excluding hydrogens is 164 g/mol. The molecule has 0 aliphatic carbocycles. The van der Waals surface area contributed by atoms with Gasteiger partial charge in [-0.1, -0.05) is 20.8 Å². The van der Waals surface area contributed by atoms with Crippen molar-refractivity contribution >= 4 is 5.78 Å². The lowest BCUT2D eigenvalue weighted by Crippen LogP contribution is -2.37. The summed E-state index contributed by atoms with van der Waals surface area (Å²) in [6, 6.07) is 0.312. The lowest BCUT2D eigenvalue weighted by atomic mass is 9.81. The topological polar surface area (TPSA) is 32.3 Å². The maximum Gasteiger partial charge on any atom is 0.144 e. The van der Waals surface area contributed by atoms with E-state index >= 15 is 0 Å². The van der Waals surface area contributed by atoms with Crippen LogP contribution < -0.4 is 5.43 Å². The van der Waals surface area contributed by atoms with Gasteiger partial charge in [0, 0.05) is 31.0 Å². The van der Waals surface area contributed by atoms with Gasteiger partial charge in [-0.2, -0.15) is 0 Å². The van der Waals surface area contributed by atoms with Crippen molar-refractivity contribution < 1.29 is 4.79 Å². The molecular formula is C10H20N2O. The van der Waals surface area contributed by atoms with Crippen LogP contribution >= 0.6 is 0 Å². The third-order valence-electron chi connectivity index (χ3n) is 2.83. The summed E-state index contributed by atoms with van der Waals surface area (Å²) in [4.78, 5) is 12.0. The molecule has 76 valence electrons. The SMILES string of the molecule is CC1C(C(=O)C(C)(C)C)CNN1C. The predicted octanol–water partition coefficient (Wildman–Crippen LogP) is 1.06. The van der Waals surface area contributed by atoms with E-state index in [4.69, 9.17) is 0 Å². The van der Waals surface area contributed by atoms with Crippen LogP contribution in [0, 0.1) is 11.3 Å². The maximum atomic E-state index is 12.0. The van der Waals surface area contributed by atoms with Crippen molar-refractivity contribution in [2.45, 2.75) is 33.7 Å². The van der Waals surface area contributed by atoms with E-state index in [0.29, 0.717) is 11.8 Å². The van der Waals surface area contributed by atoms with Gasteiger partial charge in [-0.25, -0.2) is 5.01 Å². The fourth-order valence-corrected chi connectivity index (χ4v) is 1.69. The highest BCUT2D eigenvalue weighted by molar-refractivity contribution is 5.87. The molecule has 2 unspecified atom stereocenters. The van der Waals surface area contributed by atoms with Crippen LogP contribution in [0.25, 0.3) is 0 Å². The Morgan fingerprint density at radius 3 is 2.31 bits per heavy atom. The van der Waals surface area contributed by atoms with Gasteiger partial charge in [-0.15, -0.1) is 0 Å². The Balaban J connectivity index is 2.69. The molecule has 0 bridgehead atoms. The summed E-state index contributed by atoms with van der Waals surface area (Å²) in [7, 11) is 1.99. The zero-order chi connectivity index (χ0) is 10.2. The van der Waals surface area contributed by atoms with E-state index in [-0.39, 0.29) is 11.3 Å². The van der Waals surface area contributed by atoms with Crippen LogP contribution in [-0.2, 0) is 4.79 Å². The second-order valence-electron chi connectivity index (χ2n) is 4.93. The minimum atomic E-state index is -0.216. The molecule has 0 aromatic carbocycles. The molecule has 0 amide bonds. The number of hydrogen-bond acceptors (Lipinski definition) is 3. The van der Waals surface area contributed by atoms with E-state index in [2.05, 4.69) is 12.3 Å². The second kappa shape index (κ2) is 3.39. The van der Waals surface area contributed by atoms with Crippen LogP contribution in [0.5, 0.6) is 0 Å². The molecule has 1 saturated heterocycles. The Hall–Kier alpha value is -0.410. The third kappa shape index (κ3) is 2.09. The largest absolute Gasteiger partial charge is 0.299 e. The van der Waals surface area contributed by atoms with Gasteiger partial charge in [0.05, 0.1) is 0 Å². The minimum Gasteiger partial charge on any atom is -0.299 e. The molecule has 0 aromatic rings. The van der Waals surface area contributed by atoms with E-state index in [9.17, 15) is 4.79 Å². The van der Waals surface area contributed by atoms with E-state index in [1.165, 1.54) is 0 Å². The zero-order valence-corrected chi connectivity index (χ0v) is 9.22. The smallest absolute Gasteiger partial charge is 0.144 e. The van der Waals surface area contributed by atoms with Crippen molar-refractivity contribution in [3.63, 3.8) is 0 Å². The Kier molecular flexibility index (Phi) is 2.78. The number of nitrogens with zero attached hydrogens (tertiary/aromatic N) is 1. The van der Waals surface area contributed by atoms with Gasteiger partial charge < -0.3 is 0 Å². The summed E-state index contributed by atoms with van der Waals surface area (Å²) < 4.78 is 0. The number of hydrazine groups is 1. The first-order valence-corrected chi connectivity index (χ1v) is 4.84. The van der Waals surface area contributed by atoms with Crippen molar-refractivity contribution in [2.75, 3.05) is 13.6 Å². The van der Waals surface area contributed by atoms with Crippen LogP contribution in [0.3, 0.4) is 0 Å². The summed E-state index contributed by atoms with van der Waals surface area (Å²) in [5, 5.41) is 2.02. The highest BCUT2D eigenvalue weighted by Gasteiger charge is 2.38. The van der Waals surface area contributed by atoms with Crippen molar-refractivity contribution in [2.24, 2.45) is 11.3 Å². The monoisotopic (exact) mass is 184 g/mol. The summed E-state index contributed by atoms with van der Waals surface area (Å²) in [6.45, 7) is 8.84. The first kappa shape index (κ1) is 10.7. The number of ketones is 1. The Bertz CT molecular complexity index is 207. The Morgan fingerprint density at radius 2 is 2.00 bits per heavy atom. The minimum absolute atomic E-state index is 0.144. The van der Waals surface area contributed by atoms with Crippen LogP contribution in [0.4, 0.5) is 0 Å². The van der Waals surface area contributed by atoms with Crippen molar-refractivity contribution in [1.82, 2.24) is 10.4 Å². The first-order chi connectivity index (χ1) is 5.84. The summed E-state index contributed by atoms with van der Waals surface area (Å²) in [5.74, 6) is 0.502. The number of rotatable bonds is 1. The molecule has 2 atom stereocenters. The van der Waals surface area contributed by atoms with Gasteiger partial charge in [0.25, 0.3) is 0 Å². The van der Waals surface area contributed by atoms with Gasteiger partial charge in [-0.3, -0.25) is 10.2 Å². The highest BCUT2D eigenvalue weighted by Crippen LogP contribution is 2.25. The Labute approximate surface area is 80.5 Å². The molecule has 0 spiro atoms. The molecule has 13 heavy (non-hydrogen) atoms. The number of carbonyl (C=O) groups is 1.